The van der Waals surface area contributed by atoms with E-state index in [1.807, 2.05) is 0 Å². The first-order chi connectivity index (χ1) is 11.9. The number of thiazole rings is 1. The van der Waals surface area contributed by atoms with E-state index in [0.717, 1.165) is 4.70 Å². The molecule has 25 heavy (non-hydrogen) atoms. The minimum atomic E-state index is -3.75. The van der Waals surface area contributed by atoms with Gasteiger partial charge in [-0.25, -0.2) is 13.4 Å². The summed E-state index contributed by atoms with van der Waals surface area (Å²) in [4.78, 5) is 16.4. The molecule has 1 amide bonds. The Morgan fingerprint density at radius 1 is 1.24 bits per heavy atom. The molecule has 0 saturated heterocycles. The first-order valence-corrected chi connectivity index (χ1v) is 9.95. The van der Waals surface area contributed by atoms with Crippen LogP contribution in [0.1, 0.15) is 0 Å². The molecule has 0 spiro atoms. The number of methoxy groups -OCH3 is 1. The summed E-state index contributed by atoms with van der Waals surface area (Å²) in [6, 6.07) is 11.0. The van der Waals surface area contributed by atoms with E-state index in [2.05, 4.69) is 10.3 Å². The quantitative estimate of drug-likeness (QED) is 0.714. The number of carbonyl (C=O) groups is 1. The van der Waals surface area contributed by atoms with Crippen LogP contribution in [0.25, 0.3) is 10.2 Å². The lowest BCUT2D eigenvalue weighted by molar-refractivity contribution is -0.113. The van der Waals surface area contributed by atoms with Crippen molar-refractivity contribution in [1.29, 1.82) is 0 Å². The molecule has 130 valence electrons. The van der Waals surface area contributed by atoms with Gasteiger partial charge >= 0.3 is 0 Å². The van der Waals surface area contributed by atoms with E-state index in [-0.39, 0.29) is 4.90 Å². The fourth-order valence-electron chi connectivity index (χ4n) is 2.15. The number of nitrogens with one attached hydrogen (secondary N) is 1. The van der Waals surface area contributed by atoms with Crippen molar-refractivity contribution >= 4 is 54.0 Å². The average Bonchev–Trinajstić information content (AvgIpc) is 2.95. The van der Waals surface area contributed by atoms with Gasteiger partial charge < -0.3 is 10.1 Å². The standard InChI is InChI=1S/C16H13ClN2O4S2/c1-23-11-3-5-12(6-4-11)25(21,22)9-15(20)19-16-18-13-7-2-10(17)8-14(13)24-16/h2-8H,9H2,1H3,(H,18,19,20). The number of hydrogen-bond acceptors (Lipinski definition) is 6. The Morgan fingerprint density at radius 2 is 1.96 bits per heavy atom. The summed E-state index contributed by atoms with van der Waals surface area (Å²) < 4.78 is 30.4. The molecule has 0 bridgehead atoms. The molecule has 1 heterocycles. The van der Waals surface area contributed by atoms with Gasteiger partial charge in [-0.2, -0.15) is 0 Å². The second-order valence-electron chi connectivity index (χ2n) is 5.11. The van der Waals surface area contributed by atoms with Gasteiger partial charge in [0.05, 0.1) is 22.2 Å². The predicted molar refractivity (Wildman–Crippen MR) is 98.3 cm³/mol. The molecule has 0 aliphatic heterocycles. The summed E-state index contributed by atoms with van der Waals surface area (Å²) in [6.45, 7) is 0. The van der Waals surface area contributed by atoms with E-state index < -0.39 is 21.5 Å². The first kappa shape index (κ1) is 17.7. The summed E-state index contributed by atoms with van der Waals surface area (Å²) in [5.41, 5.74) is 0.683. The smallest absolute Gasteiger partial charge is 0.241 e. The lowest BCUT2D eigenvalue weighted by Gasteiger charge is -2.05. The predicted octanol–water partition coefficient (Wildman–Crippen LogP) is 3.37. The number of amides is 1. The van der Waals surface area contributed by atoms with E-state index in [1.54, 1.807) is 18.2 Å². The van der Waals surface area contributed by atoms with Crippen molar-refractivity contribution in [3.8, 4) is 5.75 Å². The third kappa shape index (κ3) is 4.09. The van der Waals surface area contributed by atoms with Crippen LogP contribution >= 0.6 is 22.9 Å². The highest BCUT2D eigenvalue weighted by Crippen LogP contribution is 2.28. The highest BCUT2D eigenvalue weighted by molar-refractivity contribution is 7.92. The number of nitrogens with zero attached hydrogens (tertiary/aromatic N) is 1. The van der Waals surface area contributed by atoms with Crippen LogP contribution in [0, 0.1) is 0 Å². The zero-order chi connectivity index (χ0) is 18.0. The summed E-state index contributed by atoms with van der Waals surface area (Å²) in [7, 11) is -2.27. The lowest BCUT2D eigenvalue weighted by atomic mass is 10.3. The maximum absolute atomic E-state index is 12.3. The monoisotopic (exact) mass is 396 g/mol. The average molecular weight is 397 g/mol. The van der Waals surface area contributed by atoms with E-state index in [0.29, 0.717) is 21.4 Å². The van der Waals surface area contributed by atoms with Crippen LogP contribution in [-0.4, -0.2) is 32.2 Å². The number of ether oxygens (including phenoxy) is 1. The molecule has 3 aromatic rings. The Bertz CT molecular complexity index is 1030. The molecular weight excluding hydrogens is 384 g/mol. The molecule has 0 saturated carbocycles. The van der Waals surface area contributed by atoms with Crippen molar-refractivity contribution in [3.05, 3.63) is 47.5 Å². The van der Waals surface area contributed by atoms with E-state index in [1.165, 1.54) is 42.7 Å². The van der Waals surface area contributed by atoms with Gasteiger partial charge in [-0.1, -0.05) is 22.9 Å². The highest BCUT2D eigenvalue weighted by Gasteiger charge is 2.20. The van der Waals surface area contributed by atoms with Crippen LogP contribution in [0.4, 0.5) is 5.13 Å². The second kappa shape index (κ2) is 6.99. The van der Waals surface area contributed by atoms with Gasteiger partial charge in [0, 0.05) is 5.02 Å². The van der Waals surface area contributed by atoms with Gasteiger partial charge in [0.1, 0.15) is 11.5 Å². The van der Waals surface area contributed by atoms with Crippen molar-refractivity contribution in [3.63, 3.8) is 0 Å². The van der Waals surface area contributed by atoms with Gasteiger partial charge in [0.15, 0.2) is 15.0 Å². The summed E-state index contributed by atoms with van der Waals surface area (Å²) in [6.07, 6.45) is 0. The van der Waals surface area contributed by atoms with Gasteiger partial charge in [-0.3, -0.25) is 4.79 Å². The number of benzene rings is 2. The molecule has 0 radical (unpaired) electrons. The SMILES string of the molecule is COc1ccc(S(=O)(=O)CC(=O)Nc2nc3ccc(Cl)cc3s2)cc1. The number of carbonyl (C=O) groups excluding carboxylic acids is 1. The molecule has 3 rings (SSSR count). The van der Waals surface area contributed by atoms with Crippen LogP contribution in [0.3, 0.4) is 0 Å². The Balaban J connectivity index is 1.73. The van der Waals surface area contributed by atoms with Gasteiger partial charge in [-0.15, -0.1) is 0 Å². The molecule has 9 heteroatoms. The Labute approximate surface area is 153 Å². The largest absolute Gasteiger partial charge is 0.497 e. The molecule has 2 aromatic carbocycles. The molecular formula is C16H13ClN2O4S2. The van der Waals surface area contributed by atoms with Crippen molar-refractivity contribution in [1.82, 2.24) is 4.98 Å². The number of anilines is 1. The first-order valence-electron chi connectivity index (χ1n) is 7.10. The maximum Gasteiger partial charge on any atom is 0.241 e. The van der Waals surface area contributed by atoms with Gasteiger partial charge in [0.25, 0.3) is 0 Å². The van der Waals surface area contributed by atoms with Crippen molar-refractivity contribution < 1.29 is 17.9 Å². The topological polar surface area (TPSA) is 85.4 Å². The van der Waals surface area contributed by atoms with Crippen LogP contribution in [0.5, 0.6) is 5.75 Å². The zero-order valence-corrected chi connectivity index (χ0v) is 15.4. The molecule has 0 aliphatic rings. The van der Waals surface area contributed by atoms with E-state index in [9.17, 15) is 13.2 Å². The third-order valence-electron chi connectivity index (χ3n) is 3.34. The summed E-state index contributed by atoms with van der Waals surface area (Å²) >= 11 is 7.14. The summed E-state index contributed by atoms with van der Waals surface area (Å²) in [5.74, 6) is -0.784. The van der Waals surface area contributed by atoms with Crippen LogP contribution < -0.4 is 10.1 Å². The number of rotatable bonds is 5. The zero-order valence-electron chi connectivity index (χ0n) is 13.0. The van der Waals surface area contributed by atoms with Gasteiger partial charge in [-0.05, 0) is 42.5 Å². The van der Waals surface area contributed by atoms with Crippen molar-refractivity contribution in [2.75, 3.05) is 18.2 Å². The van der Waals surface area contributed by atoms with E-state index in [4.69, 9.17) is 16.3 Å². The molecule has 0 unspecified atom stereocenters. The fraction of sp³-hybridized carbons (Fsp3) is 0.125. The van der Waals surface area contributed by atoms with E-state index >= 15 is 0 Å². The van der Waals surface area contributed by atoms with Gasteiger partial charge in [0.2, 0.25) is 5.91 Å². The van der Waals surface area contributed by atoms with Crippen molar-refractivity contribution in [2.24, 2.45) is 0 Å². The Morgan fingerprint density at radius 3 is 2.64 bits per heavy atom. The Hall–Kier alpha value is -2.16. The highest BCUT2D eigenvalue weighted by atomic mass is 35.5. The molecule has 0 atom stereocenters. The molecule has 0 aliphatic carbocycles. The maximum atomic E-state index is 12.3. The second-order valence-corrected chi connectivity index (χ2v) is 8.57. The number of halogens is 1. The van der Waals surface area contributed by atoms with Crippen molar-refractivity contribution in [2.45, 2.75) is 4.90 Å². The number of hydrogen-bond donors (Lipinski definition) is 1. The molecule has 1 aromatic heterocycles. The third-order valence-corrected chi connectivity index (χ3v) is 6.14. The normalized spacial score (nSPS) is 11.4. The van der Waals surface area contributed by atoms with Crippen LogP contribution in [0.2, 0.25) is 5.02 Å². The lowest BCUT2D eigenvalue weighted by Crippen LogP contribution is -2.22. The number of fused-ring (bicyclic) bond motifs is 1. The van der Waals surface area contributed by atoms with Crippen LogP contribution in [-0.2, 0) is 14.6 Å². The fourth-order valence-corrected chi connectivity index (χ4v) is 4.44. The minimum Gasteiger partial charge on any atom is -0.497 e. The number of sulfone groups is 1. The Kier molecular flexibility index (Phi) is 4.94. The molecule has 1 N–H and O–H groups in total. The number of aromatic nitrogens is 1. The molecule has 0 fully saturated rings. The molecule has 6 nitrogen and oxygen atoms in total. The summed E-state index contributed by atoms with van der Waals surface area (Å²) in [5, 5.41) is 3.41. The minimum absolute atomic E-state index is 0.0551. The van der Waals surface area contributed by atoms with Crippen LogP contribution in [0.15, 0.2) is 47.4 Å².